The molecule has 0 spiro atoms. The van der Waals surface area contributed by atoms with Crippen molar-refractivity contribution in [3.8, 4) is 5.75 Å². The molecule has 1 amide bonds. The number of nitrogens with zero attached hydrogens (tertiary/aromatic N) is 5. The Labute approximate surface area is 201 Å². The first-order chi connectivity index (χ1) is 15.9. The highest BCUT2D eigenvalue weighted by atomic mass is 32.3. The third-order valence-electron chi connectivity index (χ3n) is 5.37. The summed E-state index contributed by atoms with van der Waals surface area (Å²) in [5.41, 5.74) is 8.47. The third kappa shape index (κ3) is 4.79. The Balaban J connectivity index is 0.00000432. The highest BCUT2D eigenvalue weighted by molar-refractivity contribution is 8.25. The van der Waals surface area contributed by atoms with E-state index in [0.29, 0.717) is 17.1 Å². The van der Waals surface area contributed by atoms with Gasteiger partial charge in [-0.05, 0) is 32.9 Å². The highest BCUT2D eigenvalue weighted by Gasteiger charge is 2.34. The van der Waals surface area contributed by atoms with Crippen molar-refractivity contribution in [2.75, 3.05) is 14.2 Å². The van der Waals surface area contributed by atoms with Crippen LogP contribution in [-0.2, 0) is 18.4 Å². The number of aryl methyl sites for hydroxylation is 1. The maximum Gasteiger partial charge on any atom is 0.269 e. The third-order valence-corrected chi connectivity index (χ3v) is 8.00. The number of hydrogen-bond acceptors (Lipinski definition) is 8. The van der Waals surface area contributed by atoms with Gasteiger partial charge in [-0.25, -0.2) is 4.98 Å². The maximum atomic E-state index is 12.7. The van der Waals surface area contributed by atoms with Gasteiger partial charge < -0.3 is 15.8 Å². The summed E-state index contributed by atoms with van der Waals surface area (Å²) in [6.07, 6.45) is 6.20. The average molecular weight is 492 g/mol. The second-order valence-electron chi connectivity index (χ2n) is 8.58. The summed E-state index contributed by atoms with van der Waals surface area (Å²) in [7, 11) is 1.51. The minimum atomic E-state index is -3.23. The molecule has 12 heteroatoms. The van der Waals surface area contributed by atoms with Crippen molar-refractivity contribution >= 4 is 33.6 Å². The fourth-order valence-electron chi connectivity index (χ4n) is 3.19. The number of imidazole rings is 1. The van der Waals surface area contributed by atoms with E-state index in [1.807, 2.05) is 0 Å². The Kier molecular flexibility index (Phi) is 7.05. The normalized spacial score (nSPS) is 13.9. The van der Waals surface area contributed by atoms with Crippen LogP contribution in [0.5, 0.6) is 5.75 Å². The zero-order valence-electron chi connectivity index (χ0n) is 20.1. The number of amides is 1. The number of ether oxygens (including phenoxy) is 1. The van der Waals surface area contributed by atoms with Crippen LogP contribution >= 0.6 is 10.6 Å². The molecule has 0 radical (unpaired) electrons. The second-order valence-corrected chi connectivity index (χ2v) is 11.3. The van der Waals surface area contributed by atoms with E-state index in [1.54, 1.807) is 61.4 Å². The maximum absolute atomic E-state index is 12.7. The number of pyridine rings is 1. The van der Waals surface area contributed by atoms with Crippen molar-refractivity contribution in [2.45, 2.75) is 37.0 Å². The molecule has 34 heavy (non-hydrogen) atoms. The summed E-state index contributed by atoms with van der Waals surface area (Å²) in [5, 5.41) is 6.87. The number of aromatic nitrogens is 4. The van der Waals surface area contributed by atoms with Crippen LogP contribution < -0.4 is 15.8 Å². The van der Waals surface area contributed by atoms with Gasteiger partial charge in [-0.1, -0.05) is 0 Å². The molecule has 0 saturated heterocycles. The number of carbonyl (C=O) groups excluding carboxylic acids is 1. The van der Waals surface area contributed by atoms with Gasteiger partial charge in [-0.2, -0.15) is 15.7 Å². The number of rotatable bonds is 7. The SMILES string of the molecule is CN=C(/C=C(\N)c1cnc2cc(OC)c(S(O)(O)C(C)(C)C)cn12)C(=O)NCc1ccnn1C.[HH]. The van der Waals surface area contributed by atoms with E-state index in [4.69, 9.17) is 10.5 Å². The minimum absolute atomic E-state index is 0. The zero-order chi connectivity index (χ0) is 25.3. The predicted octanol–water partition coefficient (Wildman–Crippen LogP) is 2.92. The van der Waals surface area contributed by atoms with E-state index in [9.17, 15) is 13.9 Å². The molecule has 0 aliphatic carbocycles. The van der Waals surface area contributed by atoms with Crippen LogP contribution in [0, 0.1) is 0 Å². The molecule has 0 aliphatic rings. The van der Waals surface area contributed by atoms with Crippen LogP contribution in [0.25, 0.3) is 11.3 Å². The number of aliphatic imine (C=N–C) groups is 1. The average Bonchev–Trinajstić information content (AvgIpc) is 3.39. The Morgan fingerprint density at radius 2 is 2.12 bits per heavy atom. The number of nitrogens with two attached hydrogens (primary N) is 1. The molecule has 0 aromatic carbocycles. The van der Waals surface area contributed by atoms with E-state index in [-0.39, 0.29) is 24.3 Å². The van der Waals surface area contributed by atoms with Gasteiger partial charge in [0.2, 0.25) is 0 Å². The molecular weight excluding hydrogens is 458 g/mol. The lowest BCUT2D eigenvalue weighted by molar-refractivity contribution is -0.114. The first-order valence-corrected chi connectivity index (χ1v) is 12.0. The molecule has 3 aromatic rings. The van der Waals surface area contributed by atoms with Crippen LogP contribution in [0.3, 0.4) is 0 Å². The van der Waals surface area contributed by atoms with E-state index in [2.05, 4.69) is 20.4 Å². The first-order valence-electron chi connectivity index (χ1n) is 10.4. The largest absolute Gasteiger partial charge is 0.495 e. The van der Waals surface area contributed by atoms with E-state index in [1.165, 1.54) is 26.4 Å². The molecule has 3 rings (SSSR count). The first kappa shape index (κ1) is 25.3. The lowest BCUT2D eigenvalue weighted by Crippen LogP contribution is -2.30. The molecule has 0 saturated carbocycles. The molecule has 0 atom stereocenters. The predicted molar refractivity (Wildman–Crippen MR) is 135 cm³/mol. The van der Waals surface area contributed by atoms with Crippen molar-refractivity contribution in [1.29, 1.82) is 0 Å². The summed E-state index contributed by atoms with van der Waals surface area (Å²) < 4.78 is 29.8. The van der Waals surface area contributed by atoms with Crippen LogP contribution in [0.4, 0.5) is 0 Å². The van der Waals surface area contributed by atoms with Crippen LogP contribution in [0.15, 0.2) is 46.7 Å². The van der Waals surface area contributed by atoms with Crippen LogP contribution in [-0.4, -0.2) is 58.8 Å². The smallest absolute Gasteiger partial charge is 0.269 e. The molecule has 186 valence electrons. The van der Waals surface area contributed by atoms with Crippen molar-refractivity contribution in [3.63, 3.8) is 0 Å². The van der Waals surface area contributed by atoms with Gasteiger partial charge in [0.05, 0.1) is 41.7 Å². The molecule has 0 unspecified atom stereocenters. The quantitative estimate of drug-likeness (QED) is 0.371. The Morgan fingerprint density at radius 1 is 1.41 bits per heavy atom. The Hall–Kier alpha value is -3.35. The summed E-state index contributed by atoms with van der Waals surface area (Å²) in [6, 6.07) is 3.42. The van der Waals surface area contributed by atoms with Crippen LogP contribution in [0.1, 0.15) is 33.6 Å². The van der Waals surface area contributed by atoms with Gasteiger partial charge in [0, 0.05) is 34.0 Å². The molecule has 0 fully saturated rings. The number of fused-ring (bicyclic) bond motifs is 1. The van der Waals surface area contributed by atoms with Crippen molar-refractivity contribution in [2.24, 2.45) is 17.8 Å². The van der Waals surface area contributed by atoms with Gasteiger partial charge in [-0.3, -0.25) is 28.0 Å². The van der Waals surface area contributed by atoms with Gasteiger partial charge in [0.1, 0.15) is 22.0 Å². The zero-order valence-corrected chi connectivity index (χ0v) is 20.9. The second kappa shape index (κ2) is 9.49. The monoisotopic (exact) mass is 491 g/mol. The Bertz CT molecular complexity index is 1270. The molecule has 5 N–H and O–H groups in total. The summed E-state index contributed by atoms with van der Waals surface area (Å²) in [5.74, 6) is -0.0859. The Morgan fingerprint density at radius 3 is 2.68 bits per heavy atom. The van der Waals surface area contributed by atoms with E-state index in [0.717, 1.165) is 5.69 Å². The van der Waals surface area contributed by atoms with Crippen LogP contribution in [0.2, 0.25) is 0 Å². The highest BCUT2D eigenvalue weighted by Crippen LogP contribution is 2.61. The topological polar surface area (TPSA) is 152 Å². The lowest BCUT2D eigenvalue weighted by atomic mass is 10.2. The molecule has 3 heterocycles. The summed E-state index contributed by atoms with van der Waals surface area (Å²) in [4.78, 5) is 21.3. The number of methoxy groups -OCH3 is 1. The van der Waals surface area contributed by atoms with Crippen molar-refractivity contribution in [1.82, 2.24) is 24.5 Å². The van der Waals surface area contributed by atoms with E-state index < -0.39 is 21.2 Å². The van der Waals surface area contributed by atoms with Gasteiger partial charge >= 0.3 is 0 Å². The fraction of sp³-hybridized carbons (Fsp3) is 0.364. The molecule has 3 aromatic heterocycles. The molecule has 0 aliphatic heterocycles. The molecule has 0 bridgehead atoms. The molecular formula is C22H33N7O4S. The number of nitrogens with one attached hydrogen (secondary N) is 1. The van der Waals surface area contributed by atoms with Gasteiger partial charge in [0.15, 0.2) is 0 Å². The number of hydrogen-bond donors (Lipinski definition) is 4. The minimum Gasteiger partial charge on any atom is -0.495 e. The standard InChI is InChI=1S/C22H31N7O4S.H2/c1-22(2,3)34(31,32)19-13-29-17(12-25-20(29)10-18(19)33-6)15(23)9-16(24-4)21(30)26-11-14-7-8-27-28(14)5;/h7-10,12-13,31-32H,11,23H2,1-6H3,(H,26,30);1H/b15-9-,24-16?;. The van der Waals surface area contributed by atoms with Crippen molar-refractivity contribution < 1.29 is 20.1 Å². The van der Waals surface area contributed by atoms with Crippen molar-refractivity contribution in [3.05, 3.63) is 48.2 Å². The van der Waals surface area contributed by atoms with Gasteiger partial charge in [-0.15, -0.1) is 0 Å². The van der Waals surface area contributed by atoms with Gasteiger partial charge in [0.25, 0.3) is 5.91 Å². The summed E-state index contributed by atoms with van der Waals surface area (Å²) in [6.45, 7) is 5.50. The number of carbonyl (C=O) groups is 1. The fourth-order valence-corrected chi connectivity index (χ4v) is 4.53. The molecule has 11 nitrogen and oxygen atoms in total. The lowest BCUT2D eigenvalue weighted by Gasteiger charge is -2.44. The summed E-state index contributed by atoms with van der Waals surface area (Å²) >= 11 is 0. The van der Waals surface area contributed by atoms with E-state index >= 15 is 0 Å².